The van der Waals surface area contributed by atoms with Crippen molar-refractivity contribution in [1.29, 1.82) is 0 Å². The predicted octanol–water partition coefficient (Wildman–Crippen LogP) is 3.12. The summed E-state index contributed by atoms with van der Waals surface area (Å²) in [6.45, 7) is 7.54. The third kappa shape index (κ3) is 5.57. The lowest BCUT2D eigenvalue weighted by molar-refractivity contribution is 0.0303. The molecule has 1 aliphatic rings. The van der Waals surface area contributed by atoms with Crippen LogP contribution in [0.2, 0.25) is 0 Å². The van der Waals surface area contributed by atoms with Gasteiger partial charge in [-0.25, -0.2) is 4.79 Å². The van der Waals surface area contributed by atoms with E-state index in [0.29, 0.717) is 45.0 Å². The summed E-state index contributed by atoms with van der Waals surface area (Å²) in [5.41, 5.74) is 5.16. The number of hydrogen-bond donors (Lipinski definition) is 1. The quantitative estimate of drug-likeness (QED) is 0.846. The van der Waals surface area contributed by atoms with Gasteiger partial charge < -0.3 is 19.9 Å². The largest absolute Gasteiger partial charge is 0.378 e. The summed E-state index contributed by atoms with van der Waals surface area (Å²) in [6.07, 6.45) is 0. The van der Waals surface area contributed by atoms with Gasteiger partial charge in [0.2, 0.25) is 0 Å². The maximum Gasteiger partial charge on any atom is 0.317 e. The van der Waals surface area contributed by atoms with Crippen molar-refractivity contribution in [2.45, 2.75) is 26.9 Å². The number of aryl methyl sites for hydroxylation is 2. The second kappa shape index (κ2) is 9.56. The van der Waals surface area contributed by atoms with E-state index in [-0.39, 0.29) is 11.9 Å². The van der Waals surface area contributed by atoms with Crippen LogP contribution in [0.1, 0.15) is 32.6 Å². The Morgan fingerprint density at radius 3 is 2.41 bits per heavy atom. The molecule has 0 radical (unpaired) electrons. The van der Waals surface area contributed by atoms with Crippen LogP contribution in [0.3, 0.4) is 0 Å². The second-order valence-electron chi connectivity index (χ2n) is 7.55. The SMILES string of the molecule is Cc1ccc(CN(C)C(=O)NCc2ccc(C(=O)N3CCOCC3)cc2)c(C)c1. The Morgan fingerprint density at radius 2 is 1.76 bits per heavy atom. The predicted molar refractivity (Wildman–Crippen MR) is 113 cm³/mol. The first-order valence-corrected chi connectivity index (χ1v) is 9.95. The molecule has 6 nitrogen and oxygen atoms in total. The molecule has 1 saturated heterocycles. The van der Waals surface area contributed by atoms with Gasteiger partial charge in [-0.15, -0.1) is 0 Å². The van der Waals surface area contributed by atoms with Crippen LogP contribution in [0.5, 0.6) is 0 Å². The van der Waals surface area contributed by atoms with Crippen molar-refractivity contribution in [3.8, 4) is 0 Å². The van der Waals surface area contributed by atoms with Crippen LogP contribution in [0.25, 0.3) is 0 Å². The molecular formula is C23H29N3O3. The van der Waals surface area contributed by atoms with Gasteiger partial charge in [0.05, 0.1) is 13.2 Å². The Hall–Kier alpha value is -2.86. The molecule has 0 unspecified atom stereocenters. The first kappa shape index (κ1) is 20.9. The molecule has 2 aromatic carbocycles. The third-order valence-corrected chi connectivity index (χ3v) is 5.20. The fourth-order valence-electron chi connectivity index (χ4n) is 3.38. The molecule has 3 rings (SSSR count). The van der Waals surface area contributed by atoms with Gasteiger partial charge in [-0.1, -0.05) is 35.9 Å². The van der Waals surface area contributed by atoms with E-state index in [4.69, 9.17) is 4.74 Å². The summed E-state index contributed by atoms with van der Waals surface area (Å²) in [6, 6.07) is 13.5. The van der Waals surface area contributed by atoms with Gasteiger partial charge in [0.25, 0.3) is 5.91 Å². The molecule has 0 atom stereocenters. The van der Waals surface area contributed by atoms with E-state index in [2.05, 4.69) is 37.4 Å². The summed E-state index contributed by atoms with van der Waals surface area (Å²) in [5, 5.41) is 2.94. The van der Waals surface area contributed by atoms with E-state index >= 15 is 0 Å². The van der Waals surface area contributed by atoms with Crippen molar-refractivity contribution in [3.05, 3.63) is 70.3 Å². The first-order chi connectivity index (χ1) is 13.9. The minimum absolute atomic E-state index is 0.0251. The van der Waals surface area contributed by atoms with Crippen LogP contribution in [0.15, 0.2) is 42.5 Å². The Balaban J connectivity index is 1.51. The van der Waals surface area contributed by atoms with E-state index in [0.717, 1.165) is 11.1 Å². The highest BCUT2D eigenvalue weighted by Crippen LogP contribution is 2.13. The van der Waals surface area contributed by atoms with Crippen molar-refractivity contribution in [2.75, 3.05) is 33.4 Å². The van der Waals surface area contributed by atoms with Crippen molar-refractivity contribution in [3.63, 3.8) is 0 Å². The van der Waals surface area contributed by atoms with Gasteiger partial charge >= 0.3 is 6.03 Å². The lowest BCUT2D eigenvalue weighted by Crippen LogP contribution is -2.40. The summed E-state index contributed by atoms with van der Waals surface area (Å²) in [7, 11) is 1.79. The molecule has 2 aromatic rings. The number of carbonyl (C=O) groups excluding carboxylic acids is 2. The Labute approximate surface area is 172 Å². The fourth-order valence-corrected chi connectivity index (χ4v) is 3.38. The van der Waals surface area contributed by atoms with Crippen LogP contribution < -0.4 is 5.32 Å². The van der Waals surface area contributed by atoms with Gasteiger partial charge in [-0.2, -0.15) is 0 Å². The number of amides is 3. The molecule has 29 heavy (non-hydrogen) atoms. The van der Waals surface area contributed by atoms with Crippen molar-refractivity contribution >= 4 is 11.9 Å². The normalized spacial score (nSPS) is 13.8. The Kier molecular flexibility index (Phi) is 6.88. The molecule has 0 bridgehead atoms. The number of hydrogen-bond acceptors (Lipinski definition) is 3. The number of urea groups is 1. The molecule has 6 heteroatoms. The van der Waals surface area contributed by atoms with Crippen molar-refractivity contribution < 1.29 is 14.3 Å². The maximum atomic E-state index is 12.5. The number of carbonyl (C=O) groups is 2. The highest BCUT2D eigenvalue weighted by atomic mass is 16.5. The molecule has 154 valence electrons. The lowest BCUT2D eigenvalue weighted by atomic mass is 10.1. The maximum absolute atomic E-state index is 12.5. The van der Waals surface area contributed by atoms with E-state index in [1.807, 2.05) is 29.2 Å². The molecule has 1 fully saturated rings. The van der Waals surface area contributed by atoms with Gasteiger partial charge in [-0.05, 0) is 42.7 Å². The molecule has 0 aromatic heterocycles. The van der Waals surface area contributed by atoms with Crippen LogP contribution >= 0.6 is 0 Å². The number of rotatable bonds is 5. The fraction of sp³-hybridized carbons (Fsp3) is 0.391. The molecule has 0 spiro atoms. The second-order valence-corrected chi connectivity index (χ2v) is 7.55. The van der Waals surface area contributed by atoms with E-state index in [1.54, 1.807) is 11.9 Å². The molecule has 0 aliphatic carbocycles. The van der Waals surface area contributed by atoms with Gasteiger partial charge in [0.1, 0.15) is 0 Å². The number of morpholine rings is 1. The highest BCUT2D eigenvalue weighted by molar-refractivity contribution is 5.94. The number of nitrogens with one attached hydrogen (secondary N) is 1. The van der Waals surface area contributed by atoms with Gasteiger partial charge in [-0.3, -0.25) is 4.79 Å². The highest BCUT2D eigenvalue weighted by Gasteiger charge is 2.18. The molecule has 1 N–H and O–H groups in total. The van der Waals surface area contributed by atoms with E-state index in [9.17, 15) is 9.59 Å². The van der Waals surface area contributed by atoms with Gasteiger partial charge in [0, 0.05) is 38.8 Å². The molecule has 3 amide bonds. The van der Waals surface area contributed by atoms with Crippen LogP contribution in [-0.4, -0.2) is 55.1 Å². The topological polar surface area (TPSA) is 61.9 Å². The number of ether oxygens (including phenoxy) is 1. The summed E-state index contributed by atoms with van der Waals surface area (Å²) >= 11 is 0. The zero-order valence-electron chi connectivity index (χ0n) is 17.4. The zero-order valence-corrected chi connectivity index (χ0v) is 17.4. The average molecular weight is 396 g/mol. The minimum Gasteiger partial charge on any atom is -0.378 e. The number of nitrogens with zero attached hydrogens (tertiary/aromatic N) is 2. The summed E-state index contributed by atoms with van der Waals surface area (Å²) < 4.78 is 5.29. The third-order valence-electron chi connectivity index (χ3n) is 5.20. The van der Waals surface area contributed by atoms with E-state index < -0.39 is 0 Å². The monoisotopic (exact) mass is 395 g/mol. The molecular weight excluding hydrogens is 366 g/mol. The Bertz CT molecular complexity index is 858. The smallest absolute Gasteiger partial charge is 0.317 e. The summed E-state index contributed by atoms with van der Waals surface area (Å²) in [4.78, 5) is 28.4. The van der Waals surface area contributed by atoms with Crippen LogP contribution in [0.4, 0.5) is 4.79 Å². The Morgan fingerprint density at radius 1 is 1.07 bits per heavy atom. The first-order valence-electron chi connectivity index (χ1n) is 9.95. The van der Waals surface area contributed by atoms with Crippen LogP contribution in [0, 0.1) is 13.8 Å². The van der Waals surface area contributed by atoms with Crippen molar-refractivity contribution in [2.24, 2.45) is 0 Å². The van der Waals surface area contributed by atoms with Gasteiger partial charge in [0.15, 0.2) is 0 Å². The standard InChI is InChI=1S/C23H29N3O3/c1-17-4-7-21(18(2)14-17)16-25(3)23(28)24-15-19-5-8-20(9-6-19)22(27)26-10-12-29-13-11-26/h4-9,14H,10-13,15-16H2,1-3H3,(H,24,28). The molecule has 1 aliphatic heterocycles. The van der Waals surface area contributed by atoms with E-state index in [1.165, 1.54) is 11.1 Å². The van der Waals surface area contributed by atoms with Crippen LogP contribution in [-0.2, 0) is 17.8 Å². The zero-order chi connectivity index (χ0) is 20.8. The number of benzene rings is 2. The molecule has 1 heterocycles. The average Bonchev–Trinajstić information content (AvgIpc) is 2.74. The summed E-state index contributed by atoms with van der Waals surface area (Å²) in [5.74, 6) is 0.0251. The lowest BCUT2D eigenvalue weighted by Gasteiger charge is -2.26. The molecule has 0 saturated carbocycles. The van der Waals surface area contributed by atoms with Crippen molar-refractivity contribution in [1.82, 2.24) is 15.1 Å². The minimum atomic E-state index is -0.126.